The lowest BCUT2D eigenvalue weighted by molar-refractivity contribution is -0.137. The number of carbonyl (C=O) groups excluding carboxylic acids is 1. The molecule has 0 aliphatic carbocycles. The largest absolute Gasteiger partial charge is 0.492 e. The Labute approximate surface area is 176 Å². The lowest BCUT2D eigenvalue weighted by Gasteiger charge is -2.17. The third kappa shape index (κ3) is 5.02. The van der Waals surface area contributed by atoms with Crippen LogP contribution in [0.5, 0.6) is 5.75 Å². The van der Waals surface area contributed by atoms with Crippen molar-refractivity contribution in [2.45, 2.75) is 25.1 Å². The van der Waals surface area contributed by atoms with Crippen molar-refractivity contribution in [3.8, 4) is 11.4 Å². The summed E-state index contributed by atoms with van der Waals surface area (Å²) in [6.07, 6.45) is -0.352. The predicted molar refractivity (Wildman–Crippen MR) is 107 cm³/mol. The van der Waals surface area contributed by atoms with Crippen LogP contribution < -0.4 is 15.4 Å². The molecule has 2 heterocycles. The van der Waals surface area contributed by atoms with E-state index in [2.05, 4.69) is 20.7 Å². The van der Waals surface area contributed by atoms with Crippen LogP contribution in [0.2, 0.25) is 0 Å². The number of aromatic nitrogens is 3. The number of carbonyl (C=O) groups is 1. The van der Waals surface area contributed by atoms with Gasteiger partial charge in [-0.15, -0.1) is 0 Å². The summed E-state index contributed by atoms with van der Waals surface area (Å²) in [4.78, 5) is 16.3. The minimum atomic E-state index is -4.54. The van der Waals surface area contributed by atoms with E-state index in [1.165, 1.54) is 23.4 Å². The Balaban J connectivity index is 1.42. The first-order chi connectivity index (χ1) is 14.9. The zero-order chi connectivity index (χ0) is 21.8. The van der Waals surface area contributed by atoms with Crippen LogP contribution in [-0.2, 0) is 17.4 Å². The van der Waals surface area contributed by atoms with Gasteiger partial charge in [-0.3, -0.25) is 4.79 Å². The van der Waals surface area contributed by atoms with E-state index in [-0.39, 0.29) is 24.0 Å². The van der Waals surface area contributed by atoms with Crippen molar-refractivity contribution in [3.63, 3.8) is 0 Å². The molecule has 1 aromatic heterocycles. The lowest BCUT2D eigenvalue weighted by atomic mass is 10.1. The molecular weight excluding hydrogens is 411 g/mol. The number of para-hydroxylation sites is 1. The molecule has 3 aromatic rings. The lowest BCUT2D eigenvalue weighted by Crippen LogP contribution is -2.39. The number of halogens is 3. The maximum absolute atomic E-state index is 13.1. The first kappa shape index (κ1) is 20.9. The monoisotopic (exact) mass is 431 g/mol. The van der Waals surface area contributed by atoms with Crippen molar-refractivity contribution in [2.75, 3.05) is 18.5 Å². The van der Waals surface area contributed by atoms with Gasteiger partial charge in [-0.2, -0.15) is 18.3 Å². The zero-order valence-corrected chi connectivity index (χ0v) is 16.4. The van der Waals surface area contributed by atoms with Gasteiger partial charge in [0.15, 0.2) is 0 Å². The molecule has 0 bridgehead atoms. The molecule has 0 radical (unpaired) electrons. The summed E-state index contributed by atoms with van der Waals surface area (Å²) in [5, 5.41) is 9.61. The highest BCUT2D eigenvalue weighted by molar-refractivity contribution is 5.94. The van der Waals surface area contributed by atoms with Gasteiger partial charge in [-0.05, 0) is 42.7 Å². The zero-order valence-electron chi connectivity index (χ0n) is 16.4. The molecule has 162 valence electrons. The number of ether oxygens (including phenoxy) is 1. The van der Waals surface area contributed by atoms with Crippen LogP contribution in [0.4, 0.5) is 18.9 Å². The first-order valence-corrected chi connectivity index (χ1v) is 9.70. The van der Waals surface area contributed by atoms with Crippen molar-refractivity contribution in [1.29, 1.82) is 0 Å². The summed E-state index contributed by atoms with van der Waals surface area (Å²) in [5.41, 5.74) is 0.524. The van der Waals surface area contributed by atoms with Gasteiger partial charge >= 0.3 is 6.18 Å². The molecule has 10 heteroatoms. The van der Waals surface area contributed by atoms with Gasteiger partial charge in [0, 0.05) is 6.04 Å². The van der Waals surface area contributed by atoms with Gasteiger partial charge in [-0.1, -0.05) is 18.2 Å². The summed E-state index contributed by atoms with van der Waals surface area (Å²) in [6, 6.07) is 10.8. The molecule has 0 saturated carbocycles. The van der Waals surface area contributed by atoms with E-state index in [0.717, 1.165) is 36.3 Å². The fourth-order valence-corrected chi connectivity index (χ4v) is 3.39. The number of hydrogen-bond acceptors (Lipinski definition) is 5. The number of nitrogens with one attached hydrogen (secondary N) is 2. The molecule has 1 amide bonds. The van der Waals surface area contributed by atoms with Gasteiger partial charge in [0.25, 0.3) is 0 Å². The number of hydrogen-bond donors (Lipinski definition) is 2. The molecule has 4 rings (SSSR count). The van der Waals surface area contributed by atoms with Crippen molar-refractivity contribution in [2.24, 2.45) is 0 Å². The average Bonchev–Trinajstić information content (AvgIpc) is 3.19. The molecule has 2 N–H and O–H groups in total. The Hall–Kier alpha value is -3.40. The van der Waals surface area contributed by atoms with E-state index in [0.29, 0.717) is 6.61 Å². The molecule has 1 aliphatic rings. The van der Waals surface area contributed by atoms with E-state index in [4.69, 9.17) is 4.74 Å². The molecule has 0 saturated heterocycles. The van der Waals surface area contributed by atoms with Crippen LogP contribution in [0.25, 0.3) is 5.69 Å². The van der Waals surface area contributed by atoms with Crippen LogP contribution in [-0.4, -0.2) is 39.9 Å². The van der Waals surface area contributed by atoms with Crippen LogP contribution in [0.15, 0.2) is 55.1 Å². The quantitative estimate of drug-likeness (QED) is 0.649. The maximum atomic E-state index is 13.1. The fourth-order valence-electron chi connectivity index (χ4n) is 3.39. The number of anilines is 1. The second-order valence-electron chi connectivity index (χ2n) is 7.15. The van der Waals surface area contributed by atoms with Crippen molar-refractivity contribution in [3.05, 3.63) is 66.2 Å². The van der Waals surface area contributed by atoms with E-state index in [1.807, 2.05) is 24.3 Å². The van der Waals surface area contributed by atoms with E-state index in [1.54, 1.807) is 0 Å². The van der Waals surface area contributed by atoms with Crippen LogP contribution >= 0.6 is 0 Å². The van der Waals surface area contributed by atoms with E-state index < -0.39 is 17.6 Å². The highest BCUT2D eigenvalue weighted by Gasteiger charge is 2.31. The summed E-state index contributed by atoms with van der Waals surface area (Å²) < 4.78 is 46.5. The standard InChI is InChI=1S/C21H20F3N5O2/c22-21(23,24)15-6-8-18(29-13-25-12-27-29)17(9-15)28-20(30)10-26-16-7-5-14-3-1-2-4-19(14)31-11-16/h1-4,6,8-9,12-13,16,26H,5,7,10-11H2,(H,28,30). The summed E-state index contributed by atoms with van der Waals surface area (Å²) in [5.74, 6) is 0.361. The normalized spacial score (nSPS) is 16.2. The van der Waals surface area contributed by atoms with Crippen molar-refractivity contribution in [1.82, 2.24) is 20.1 Å². The molecular formula is C21H20F3N5O2. The van der Waals surface area contributed by atoms with Crippen molar-refractivity contribution >= 4 is 11.6 Å². The Morgan fingerprint density at radius 2 is 2.06 bits per heavy atom. The number of nitrogens with zero attached hydrogens (tertiary/aromatic N) is 3. The Morgan fingerprint density at radius 3 is 2.84 bits per heavy atom. The molecule has 1 atom stereocenters. The summed E-state index contributed by atoms with van der Waals surface area (Å²) in [7, 11) is 0. The minimum Gasteiger partial charge on any atom is -0.492 e. The smallest absolute Gasteiger partial charge is 0.416 e. The van der Waals surface area contributed by atoms with E-state index >= 15 is 0 Å². The molecule has 7 nitrogen and oxygen atoms in total. The third-order valence-electron chi connectivity index (χ3n) is 4.99. The molecule has 0 fully saturated rings. The average molecular weight is 431 g/mol. The van der Waals surface area contributed by atoms with Gasteiger partial charge in [0.05, 0.1) is 23.5 Å². The Morgan fingerprint density at radius 1 is 1.23 bits per heavy atom. The van der Waals surface area contributed by atoms with Gasteiger partial charge in [0.1, 0.15) is 25.0 Å². The molecule has 31 heavy (non-hydrogen) atoms. The van der Waals surface area contributed by atoms with Crippen LogP contribution in [0, 0.1) is 0 Å². The van der Waals surface area contributed by atoms with Gasteiger partial charge in [-0.25, -0.2) is 9.67 Å². The molecule has 0 spiro atoms. The number of amides is 1. The number of benzene rings is 2. The number of alkyl halides is 3. The minimum absolute atomic E-state index is 0.00311. The maximum Gasteiger partial charge on any atom is 0.416 e. The number of rotatable bonds is 5. The van der Waals surface area contributed by atoms with Crippen LogP contribution in [0.3, 0.4) is 0 Å². The van der Waals surface area contributed by atoms with Gasteiger partial charge in [0.2, 0.25) is 5.91 Å². The number of aryl methyl sites for hydroxylation is 1. The van der Waals surface area contributed by atoms with E-state index in [9.17, 15) is 18.0 Å². The topological polar surface area (TPSA) is 81.1 Å². The SMILES string of the molecule is O=C(CNC1CCc2ccccc2OC1)Nc1cc(C(F)(F)F)ccc1-n1cncn1. The predicted octanol–water partition coefficient (Wildman–Crippen LogP) is 3.21. The van der Waals surface area contributed by atoms with Gasteiger partial charge < -0.3 is 15.4 Å². The summed E-state index contributed by atoms with van der Waals surface area (Å²) in [6.45, 7) is 0.329. The fraction of sp³-hybridized carbons (Fsp3) is 0.286. The first-order valence-electron chi connectivity index (χ1n) is 9.70. The van der Waals surface area contributed by atoms with Crippen molar-refractivity contribution < 1.29 is 22.7 Å². The van der Waals surface area contributed by atoms with Crippen LogP contribution in [0.1, 0.15) is 17.5 Å². The second kappa shape index (κ2) is 8.76. The highest BCUT2D eigenvalue weighted by atomic mass is 19.4. The second-order valence-corrected chi connectivity index (χ2v) is 7.15. The Kier molecular flexibility index (Phi) is 5.90. The third-order valence-corrected chi connectivity index (χ3v) is 4.99. The summed E-state index contributed by atoms with van der Waals surface area (Å²) >= 11 is 0. The number of fused-ring (bicyclic) bond motifs is 1. The molecule has 1 unspecified atom stereocenters. The molecule has 1 aliphatic heterocycles. The molecule has 2 aromatic carbocycles. The highest BCUT2D eigenvalue weighted by Crippen LogP contribution is 2.33. The Bertz CT molecular complexity index is 1030.